The van der Waals surface area contributed by atoms with Gasteiger partial charge in [0.15, 0.2) is 0 Å². The first kappa shape index (κ1) is 13.9. The molecule has 0 radical (unpaired) electrons. The standard InChI is InChI=1S/C18H17N3O2/c22-17(18(9-4-10-18)14-5-2-1-3-6-14)23-12-13-7-8-15-16(11-13)20-21-19-15/h1-3,5-8,11H,4,9-10,12H2,(H,19,20,21). The van der Waals surface area contributed by atoms with Crippen molar-refractivity contribution in [3.05, 3.63) is 59.7 Å². The maximum atomic E-state index is 12.7. The summed E-state index contributed by atoms with van der Waals surface area (Å²) < 4.78 is 5.62. The Kier molecular flexibility index (Phi) is 3.33. The van der Waals surface area contributed by atoms with Gasteiger partial charge in [-0.25, -0.2) is 0 Å². The van der Waals surface area contributed by atoms with E-state index in [0.29, 0.717) is 0 Å². The molecule has 23 heavy (non-hydrogen) atoms. The van der Waals surface area contributed by atoms with E-state index in [0.717, 1.165) is 41.4 Å². The third kappa shape index (κ3) is 2.38. The van der Waals surface area contributed by atoms with Crippen molar-refractivity contribution < 1.29 is 9.53 Å². The van der Waals surface area contributed by atoms with E-state index >= 15 is 0 Å². The van der Waals surface area contributed by atoms with E-state index in [1.807, 2.05) is 48.5 Å². The minimum absolute atomic E-state index is 0.129. The summed E-state index contributed by atoms with van der Waals surface area (Å²) in [6, 6.07) is 15.6. The number of nitrogens with one attached hydrogen (secondary N) is 1. The molecule has 2 aromatic carbocycles. The Balaban J connectivity index is 1.50. The van der Waals surface area contributed by atoms with Gasteiger partial charge in [0.1, 0.15) is 17.6 Å². The predicted octanol–water partition coefficient (Wildman–Crippen LogP) is 3.12. The molecule has 0 unspecified atom stereocenters. The highest BCUT2D eigenvalue weighted by Gasteiger charge is 2.46. The van der Waals surface area contributed by atoms with Gasteiger partial charge in [-0.15, -0.1) is 0 Å². The van der Waals surface area contributed by atoms with Gasteiger partial charge in [0, 0.05) is 0 Å². The molecule has 5 heteroatoms. The minimum atomic E-state index is -0.459. The van der Waals surface area contributed by atoms with Crippen LogP contribution in [0.15, 0.2) is 48.5 Å². The van der Waals surface area contributed by atoms with Gasteiger partial charge < -0.3 is 4.74 Å². The van der Waals surface area contributed by atoms with E-state index in [9.17, 15) is 4.79 Å². The number of ether oxygens (including phenoxy) is 1. The van der Waals surface area contributed by atoms with E-state index in [2.05, 4.69) is 15.4 Å². The van der Waals surface area contributed by atoms with Crippen LogP contribution in [-0.4, -0.2) is 21.4 Å². The van der Waals surface area contributed by atoms with Crippen molar-refractivity contribution in [2.75, 3.05) is 0 Å². The normalized spacial score (nSPS) is 16.0. The van der Waals surface area contributed by atoms with Crippen LogP contribution in [0.4, 0.5) is 0 Å². The summed E-state index contributed by atoms with van der Waals surface area (Å²) in [5, 5.41) is 10.7. The molecular formula is C18H17N3O2. The van der Waals surface area contributed by atoms with Gasteiger partial charge in [-0.05, 0) is 36.1 Å². The largest absolute Gasteiger partial charge is 0.460 e. The topological polar surface area (TPSA) is 67.9 Å². The molecule has 0 aliphatic heterocycles. The molecule has 3 aromatic rings. The summed E-state index contributed by atoms with van der Waals surface area (Å²) in [5.74, 6) is -0.129. The number of aromatic amines is 1. The van der Waals surface area contributed by atoms with E-state index < -0.39 is 5.41 Å². The second kappa shape index (κ2) is 5.50. The third-order valence-electron chi connectivity index (χ3n) is 4.67. The number of aromatic nitrogens is 3. The molecule has 0 spiro atoms. The first-order valence-corrected chi connectivity index (χ1v) is 7.80. The molecule has 4 rings (SSSR count). The average Bonchev–Trinajstić information content (AvgIpc) is 3.00. The van der Waals surface area contributed by atoms with Gasteiger partial charge >= 0.3 is 5.97 Å². The lowest BCUT2D eigenvalue weighted by atomic mass is 9.64. The molecule has 0 atom stereocenters. The number of benzene rings is 2. The van der Waals surface area contributed by atoms with E-state index in [1.54, 1.807) is 0 Å². The van der Waals surface area contributed by atoms with Gasteiger partial charge in [-0.2, -0.15) is 15.4 Å². The summed E-state index contributed by atoms with van der Waals surface area (Å²) >= 11 is 0. The Labute approximate surface area is 133 Å². The number of nitrogens with zero attached hydrogens (tertiary/aromatic N) is 2. The van der Waals surface area contributed by atoms with Gasteiger partial charge in [0.2, 0.25) is 0 Å². The quantitative estimate of drug-likeness (QED) is 0.752. The summed E-state index contributed by atoms with van der Waals surface area (Å²) in [5.41, 5.74) is 3.10. The van der Waals surface area contributed by atoms with Gasteiger partial charge in [-0.1, -0.05) is 42.8 Å². The number of esters is 1. The molecule has 1 aromatic heterocycles. The summed E-state index contributed by atoms with van der Waals surface area (Å²) in [7, 11) is 0. The third-order valence-corrected chi connectivity index (χ3v) is 4.67. The molecule has 1 aliphatic carbocycles. The maximum absolute atomic E-state index is 12.7. The minimum Gasteiger partial charge on any atom is -0.460 e. The van der Waals surface area contributed by atoms with Gasteiger partial charge in [0.25, 0.3) is 0 Å². The Morgan fingerprint density at radius 1 is 1.09 bits per heavy atom. The van der Waals surface area contributed by atoms with E-state index in [4.69, 9.17) is 4.74 Å². The van der Waals surface area contributed by atoms with Crippen LogP contribution in [0, 0.1) is 0 Å². The smallest absolute Gasteiger partial charge is 0.316 e. The van der Waals surface area contributed by atoms with Crippen molar-refractivity contribution in [3.8, 4) is 0 Å². The number of hydrogen-bond donors (Lipinski definition) is 1. The van der Waals surface area contributed by atoms with E-state index in [-0.39, 0.29) is 12.6 Å². The van der Waals surface area contributed by atoms with Crippen LogP contribution in [0.5, 0.6) is 0 Å². The van der Waals surface area contributed by atoms with Crippen LogP contribution in [0.1, 0.15) is 30.4 Å². The number of hydrogen-bond acceptors (Lipinski definition) is 4. The Bertz CT molecular complexity index is 838. The molecular weight excluding hydrogens is 290 g/mol. The van der Waals surface area contributed by atoms with Crippen molar-refractivity contribution in [1.29, 1.82) is 0 Å². The zero-order valence-electron chi connectivity index (χ0n) is 12.7. The van der Waals surface area contributed by atoms with Gasteiger partial charge in [-0.3, -0.25) is 4.79 Å². The fourth-order valence-electron chi connectivity index (χ4n) is 3.16. The maximum Gasteiger partial charge on any atom is 0.316 e. The van der Waals surface area contributed by atoms with Crippen LogP contribution in [-0.2, 0) is 21.6 Å². The number of rotatable bonds is 4. The lowest BCUT2D eigenvalue weighted by Gasteiger charge is -2.39. The van der Waals surface area contributed by atoms with Crippen LogP contribution in [0.2, 0.25) is 0 Å². The van der Waals surface area contributed by atoms with Crippen LogP contribution >= 0.6 is 0 Å². The highest BCUT2D eigenvalue weighted by Crippen LogP contribution is 2.44. The molecule has 1 saturated carbocycles. The molecule has 0 saturated heterocycles. The Morgan fingerprint density at radius 2 is 1.87 bits per heavy atom. The summed E-state index contributed by atoms with van der Waals surface area (Å²) in [6.45, 7) is 0.260. The molecule has 0 bridgehead atoms. The second-order valence-electron chi connectivity index (χ2n) is 6.02. The second-order valence-corrected chi connectivity index (χ2v) is 6.02. The average molecular weight is 307 g/mol. The first-order valence-electron chi connectivity index (χ1n) is 7.80. The lowest BCUT2D eigenvalue weighted by molar-refractivity contribution is -0.155. The molecule has 1 fully saturated rings. The van der Waals surface area contributed by atoms with Crippen molar-refractivity contribution in [1.82, 2.24) is 15.4 Å². The van der Waals surface area contributed by atoms with Crippen LogP contribution in [0.3, 0.4) is 0 Å². The monoisotopic (exact) mass is 307 g/mol. The van der Waals surface area contributed by atoms with Crippen molar-refractivity contribution >= 4 is 17.0 Å². The molecule has 5 nitrogen and oxygen atoms in total. The van der Waals surface area contributed by atoms with Crippen molar-refractivity contribution in [2.24, 2.45) is 0 Å². The van der Waals surface area contributed by atoms with Gasteiger partial charge in [0.05, 0.1) is 5.41 Å². The van der Waals surface area contributed by atoms with Crippen LogP contribution < -0.4 is 0 Å². The highest BCUT2D eigenvalue weighted by molar-refractivity contribution is 5.84. The zero-order chi connectivity index (χ0) is 15.7. The molecule has 116 valence electrons. The van der Waals surface area contributed by atoms with E-state index in [1.165, 1.54) is 0 Å². The lowest BCUT2D eigenvalue weighted by Crippen LogP contribution is -2.43. The first-order chi connectivity index (χ1) is 11.3. The fraction of sp³-hybridized carbons (Fsp3) is 0.278. The molecule has 0 amide bonds. The number of fused-ring (bicyclic) bond motifs is 1. The number of H-pyrrole nitrogens is 1. The number of carbonyl (C=O) groups excluding carboxylic acids is 1. The molecule has 1 N–H and O–H groups in total. The zero-order valence-corrected chi connectivity index (χ0v) is 12.7. The van der Waals surface area contributed by atoms with Crippen molar-refractivity contribution in [3.63, 3.8) is 0 Å². The van der Waals surface area contributed by atoms with Crippen molar-refractivity contribution in [2.45, 2.75) is 31.3 Å². The molecule has 1 aliphatic rings. The highest BCUT2D eigenvalue weighted by atomic mass is 16.5. The predicted molar refractivity (Wildman–Crippen MR) is 85.7 cm³/mol. The Hall–Kier alpha value is -2.69. The summed E-state index contributed by atoms with van der Waals surface area (Å²) in [6.07, 6.45) is 2.78. The number of carbonyl (C=O) groups is 1. The van der Waals surface area contributed by atoms with Crippen LogP contribution in [0.25, 0.3) is 11.0 Å². The Morgan fingerprint density at radius 3 is 2.61 bits per heavy atom. The molecule has 1 heterocycles. The fourth-order valence-corrected chi connectivity index (χ4v) is 3.16. The summed E-state index contributed by atoms with van der Waals surface area (Å²) in [4.78, 5) is 12.7. The SMILES string of the molecule is O=C(OCc1ccc2n[nH]nc2c1)C1(c2ccccc2)CCC1.